The summed E-state index contributed by atoms with van der Waals surface area (Å²) in [6.45, 7) is 3.13. The van der Waals surface area contributed by atoms with Gasteiger partial charge in [-0.15, -0.1) is 0 Å². The molecule has 0 aliphatic rings. The van der Waals surface area contributed by atoms with E-state index in [-0.39, 0.29) is 19.6 Å². The van der Waals surface area contributed by atoms with Crippen LogP contribution in [0.25, 0.3) is 6.08 Å². The van der Waals surface area contributed by atoms with Crippen LogP contribution in [0.2, 0.25) is 0 Å². The zero-order valence-electron chi connectivity index (χ0n) is 16.3. The molecule has 0 saturated carbocycles. The Balaban J connectivity index is 2.09. The number of benzene rings is 2. The molecule has 7 nitrogen and oxygen atoms in total. The number of hydrogen-bond donors (Lipinski definition) is 1. The van der Waals surface area contributed by atoms with Crippen LogP contribution in [0.5, 0.6) is 11.5 Å². The maximum Gasteiger partial charge on any atom is 0.351 e. The van der Waals surface area contributed by atoms with Gasteiger partial charge in [-0.25, -0.2) is 0 Å². The summed E-state index contributed by atoms with van der Waals surface area (Å²) in [5.41, 5.74) is 0.780. The fourth-order valence-electron chi connectivity index (χ4n) is 2.57. The van der Waals surface area contributed by atoms with Gasteiger partial charge in [-0.2, -0.15) is 8.42 Å². The Labute approximate surface area is 171 Å². The molecule has 1 unspecified atom stereocenters. The van der Waals surface area contributed by atoms with Crippen LogP contribution in [-0.2, 0) is 23.7 Å². The van der Waals surface area contributed by atoms with E-state index < -0.39 is 22.7 Å². The van der Waals surface area contributed by atoms with Gasteiger partial charge in [0.05, 0.1) is 13.2 Å². The third-order valence-corrected chi connectivity index (χ3v) is 8.43. The summed E-state index contributed by atoms with van der Waals surface area (Å²) in [4.78, 5) is -1.69. The molecule has 0 aliphatic heterocycles. The second kappa shape index (κ2) is 10.7. The van der Waals surface area contributed by atoms with E-state index in [2.05, 4.69) is 0 Å². The maximum atomic E-state index is 12.8. The summed E-state index contributed by atoms with van der Waals surface area (Å²) >= 11 is 0. The summed E-state index contributed by atoms with van der Waals surface area (Å²) in [5.74, 6) is 1.37. The lowest BCUT2D eigenvalue weighted by Gasteiger charge is -2.23. The minimum Gasteiger partial charge on any atom is -0.457 e. The predicted octanol–water partition coefficient (Wildman–Crippen LogP) is 5.36. The zero-order valence-corrected chi connectivity index (χ0v) is 18.0. The average molecular weight is 440 g/mol. The molecule has 0 bridgehead atoms. The van der Waals surface area contributed by atoms with E-state index in [1.807, 2.05) is 30.3 Å². The van der Waals surface area contributed by atoms with E-state index in [1.54, 1.807) is 44.2 Å². The van der Waals surface area contributed by atoms with Crippen molar-refractivity contribution >= 4 is 23.8 Å². The normalized spacial score (nSPS) is 13.5. The minimum absolute atomic E-state index is 0.00408. The third kappa shape index (κ3) is 7.10. The number of para-hydroxylation sites is 1. The molecule has 0 heterocycles. The SMILES string of the molecule is CCOP(=O)(OCC)C(C/C=C/c1ccc(Oc2ccccc2)cc1)S(=O)(=O)O. The van der Waals surface area contributed by atoms with Crippen LogP contribution in [0.15, 0.2) is 60.7 Å². The zero-order chi connectivity index (χ0) is 21.3. The standard InChI is InChI=1S/C20H25O7PS/c1-3-25-28(21,26-4-2)20(29(22,23)24)12-8-9-17-13-15-19(16-14-17)27-18-10-6-5-7-11-18/h5-11,13-16,20H,3-4,12H2,1-2H3,(H,22,23,24)/b9-8+. The summed E-state index contributed by atoms with van der Waals surface area (Å²) in [5, 5.41) is 0. The molecule has 1 atom stereocenters. The first kappa shape index (κ1) is 23.3. The van der Waals surface area contributed by atoms with Gasteiger partial charge in [0.25, 0.3) is 10.1 Å². The number of allylic oxidation sites excluding steroid dienone is 1. The molecular weight excluding hydrogens is 415 g/mol. The molecule has 9 heteroatoms. The summed E-state index contributed by atoms with van der Waals surface area (Å²) in [6, 6.07) is 16.5. The quantitative estimate of drug-likeness (QED) is 0.371. The van der Waals surface area contributed by atoms with Crippen molar-refractivity contribution in [3.63, 3.8) is 0 Å². The second-order valence-corrected chi connectivity index (χ2v) is 10.1. The molecule has 0 amide bonds. The van der Waals surface area contributed by atoms with Crippen molar-refractivity contribution in [2.24, 2.45) is 0 Å². The average Bonchev–Trinajstić information content (AvgIpc) is 2.66. The highest BCUT2D eigenvalue weighted by Gasteiger charge is 2.43. The van der Waals surface area contributed by atoms with E-state index in [0.29, 0.717) is 5.75 Å². The van der Waals surface area contributed by atoms with Gasteiger partial charge in [-0.3, -0.25) is 9.12 Å². The van der Waals surface area contributed by atoms with Crippen molar-refractivity contribution in [2.75, 3.05) is 13.2 Å². The van der Waals surface area contributed by atoms with Gasteiger partial charge in [0, 0.05) is 0 Å². The van der Waals surface area contributed by atoms with Crippen molar-refractivity contribution in [3.8, 4) is 11.5 Å². The van der Waals surface area contributed by atoms with Crippen molar-refractivity contribution in [3.05, 3.63) is 66.2 Å². The van der Waals surface area contributed by atoms with Crippen molar-refractivity contribution in [1.29, 1.82) is 0 Å². The Hall–Kier alpha value is -1.96. The molecule has 0 radical (unpaired) electrons. The van der Waals surface area contributed by atoms with E-state index in [0.717, 1.165) is 11.3 Å². The lowest BCUT2D eigenvalue weighted by atomic mass is 10.2. The Morgan fingerprint density at radius 3 is 2.03 bits per heavy atom. The molecule has 0 fully saturated rings. The predicted molar refractivity (Wildman–Crippen MR) is 113 cm³/mol. The first-order valence-electron chi connectivity index (χ1n) is 9.13. The summed E-state index contributed by atoms with van der Waals surface area (Å²) in [7, 11) is -8.68. The van der Waals surface area contributed by atoms with Gasteiger partial charge in [0.2, 0.25) is 0 Å². The third-order valence-electron chi connectivity index (χ3n) is 3.82. The molecule has 1 N–H and O–H groups in total. The highest BCUT2D eigenvalue weighted by molar-refractivity contribution is 7.94. The van der Waals surface area contributed by atoms with E-state index in [4.69, 9.17) is 13.8 Å². The minimum atomic E-state index is -4.65. The monoisotopic (exact) mass is 440 g/mol. The van der Waals surface area contributed by atoms with E-state index in [9.17, 15) is 17.5 Å². The van der Waals surface area contributed by atoms with Crippen LogP contribution >= 0.6 is 7.60 Å². The van der Waals surface area contributed by atoms with Crippen LogP contribution in [0.3, 0.4) is 0 Å². The molecule has 0 aliphatic carbocycles. The molecule has 0 spiro atoms. The highest BCUT2D eigenvalue weighted by Crippen LogP contribution is 2.56. The summed E-state index contributed by atoms with van der Waals surface area (Å²) < 4.78 is 61.7. The van der Waals surface area contributed by atoms with E-state index >= 15 is 0 Å². The number of ether oxygens (including phenoxy) is 1. The number of rotatable bonds is 11. The lowest BCUT2D eigenvalue weighted by molar-refractivity contribution is 0.216. The smallest absolute Gasteiger partial charge is 0.351 e. The molecule has 0 saturated heterocycles. The van der Waals surface area contributed by atoms with Gasteiger partial charge in [-0.1, -0.05) is 42.5 Å². The van der Waals surface area contributed by atoms with Crippen LogP contribution in [0.1, 0.15) is 25.8 Å². The first-order valence-corrected chi connectivity index (χ1v) is 12.2. The van der Waals surface area contributed by atoms with Gasteiger partial charge in [-0.05, 0) is 50.1 Å². The molecule has 2 aromatic carbocycles. The largest absolute Gasteiger partial charge is 0.457 e. The maximum absolute atomic E-state index is 12.8. The molecule has 0 aromatic heterocycles. The second-order valence-electron chi connectivity index (χ2n) is 5.97. The van der Waals surface area contributed by atoms with Gasteiger partial charge in [0.1, 0.15) is 11.5 Å². The Morgan fingerprint density at radius 1 is 0.966 bits per heavy atom. The Bertz CT molecular complexity index is 931. The highest BCUT2D eigenvalue weighted by atomic mass is 32.2. The molecule has 29 heavy (non-hydrogen) atoms. The molecule has 158 valence electrons. The molecular formula is C20H25O7PS. The Kier molecular flexibility index (Phi) is 8.61. The van der Waals surface area contributed by atoms with Crippen molar-refractivity contribution in [1.82, 2.24) is 0 Å². The fourth-order valence-corrected chi connectivity index (χ4v) is 6.10. The fraction of sp³-hybridized carbons (Fsp3) is 0.300. The van der Waals surface area contributed by atoms with Crippen molar-refractivity contribution < 1.29 is 31.3 Å². The topological polar surface area (TPSA) is 99.1 Å². The van der Waals surface area contributed by atoms with Crippen LogP contribution in [0, 0.1) is 0 Å². The lowest BCUT2D eigenvalue weighted by Crippen LogP contribution is -2.22. The first-order chi connectivity index (χ1) is 13.8. The van der Waals surface area contributed by atoms with Crippen LogP contribution in [-0.4, -0.2) is 31.2 Å². The van der Waals surface area contributed by atoms with Crippen LogP contribution in [0.4, 0.5) is 0 Å². The van der Waals surface area contributed by atoms with Crippen molar-refractivity contribution in [2.45, 2.75) is 25.3 Å². The van der Waals surface area contributed by atoms with Gasteiger partial charge >= 0.3 is 7.60 Å². The van der Waals surface area contributed by atoms with Gasteiger partial charge in [0.15, 0.2) is 4.99 Å². The van der Waals surface area contributed by atoms with Crippen LogP contribution < -0.4 is 4.74 Å². The number of hydrogen-bond acceptors (Lipinski definition) is 6. The summed E-state index contributed by atoms with van der Waals surface area (Å²) in [6.07, 6.45) is 2.95. The molecule has 2 aromatic rings. The van der Waals surface area contributed by atoms with E-state index in [1.165, 1.54) is 6.08 Å². The Morgan fingerprint density at radius 2 is 1.52 bits per heavy atom. The molecule has 2 rings (SSSR count). The van der Waals surface area contributed by atoms with Gasteiger partial charge < -0.3 is 13.8 Å².